The Kier molecular flexibility index (Phi) is 4.49. The summed E-state index contributed by atoms with van der Waals surface area (Å²) in [6.07, 6.45) is 0. The molecule has 1 aromatic carbocycles. The minimum absolute atomic E-state index is 0.155. The Hall–Kier alpha value is -2.09. The van der Waals surface area contributed by atoms with E-state index in [9.17, 15) is 13.6 Å². The van der Waals surface area contributed by atoms with E-state index in [2.05, 4.69) is 11.8 Å². The zero-order valence-electron chi connectivity index (χ0n) is 11.0. The molecule has 0 radical (unpaired) electrons. The van der Waals surface area contributed by atoms with Gasteiger partial charge in [0, 0.05) is 5.41 Å². The Bertz CT molecular complexity index is 551. The Morgan fingerprint density at radius 3 is 2.53 bits per heavy atom. The first-order valence-corrected chi connectivity index (χ1v) is 5.63. The highest BCUT2D eigenvalue weighted by atomic mass is 19.2. The molecular weight excluding hydrogens is 252 g/mol. The number of nitrogens with two attached hydrogens (primary N) is 1. The number of ether oxygens (including phenoxy) is 1. The van der Waals surface area contributed by atoms with E-state index in [1.54, 1.807) is 0 Å². The standard InChI is InChI=1S/C14H15F2NO2/c1-14(2,3)7-4-8-19-12-9(13(17)18)5-6-10(15)11(12)16/h5-6H,8H2,1-3H3,(H2,17,18). The minimum Gasteiger partial charge on any atom is -0.477 e. The van der Waals surface area contributed by atoms with Crippen LogP contribution >= 0.6 is 0 Å². The van der Waals surface area contributed by atoms with Crippen molar-refractivity contribution in [3.63, 3.8) is 0 Å². The van der Waals surface area contributed by atoms with Gasteiger partial charge < -0.3 is 10.5 Å². The zero-order valence-corrected chi connectivity index (χ0v) is 11.0. The maximum atomic E-state index is 13.5. The van der Waals surface area contributed by atoms with E-state index in [1.165, 1.54) is 0 Å². The second kappa shape index (κ2) is 5.70. The Morgan fingerprint density at radius 2 is 2.00 bits per heavy atom. The summed E-state index contributed by atoms with van der Waals surface area (Å²) in [6.45, 7) is 5.55. The molecule has 0 aliphatic heterocycles. The summed E-state index contributed by atoms with van der Waals surface area (Å²) in [5, 5.41) is 0. The molecule has 0 atom stereocenters. The summed E-state index contributed by atoms with van der Waals surface area (Å²) in [4.78, 5) is 11.1. The van der Waals surface area contributed by atoms with E-state index in [4.69, 9.17) is 10.5 Å². The van der Waals surface area contributed by atoms with Gasteiger partial charge in [-0.15, -0.1) is 0 Å². The van der Waals surface area contributed by atoms with E-state index < -0.39 is 23.3 Å². The molecule has 1 rings (SSSR count). The molecule has 3 nitrogen and oxygen atoms in total. The van der Waals surface area contributed by atoms with Crippen LogP contribution in [-0.4, -0.2) is 12.5 Å². The highest BCUT2D eigenvalue weighted by Gasteiger charge is 2.18. The molecule has 0 heterocycles. The van der Waals surface area contributed by atoms with Crippen molar-refractivity contribution >= 4 is 5.91 Å². The van der Waals surface area contributed by atoms with Crippen molar-refractivity contribution in [2.45, 2.75) is 20.8 Å². The molecule has 0 bridgehead atoms. The molecule has 1 aromatic rings. The average molecular weight is 267 g/mol. The van der Waals surface area contributed by atoms with Gasteiger partial charge in [0.2, 0.25) is 5.82 Å². The molecule has 0 aliphatic rings. The van der Waals surface area contributed by atoms with Crippen molar-refractivity contribution in [1.82, 2.24) is 0 Å². The van der Waals surface area contributed by atoms with Crippen molar-refractivity contribution in [3.05, 3.63) is 29.3 Å². The van der Waals surface area contributed by atoms with Crippen LogP contribution in [0.2, 0.25) is 0 Å². The fourth-order valence-corrected chi connectivity index (χ4v) is 1.28. The van der Waals surface area contributed by atoms with Crippen LogP contribution in [0.5, 0.6) is 5.75 Å². The lowest BCUT2D eigenvalue weighted by Crippen LogP contribution is -2.15. The highest BCUT2D eigenvalue weighted by molar-refractivity contribution is 5.95. The van der Waals surface area contributed by atoms with Crippen LogP contribution in [0.4, 0.5) is 8.78 Å². The minimum atomic E-state index is -1.24. The second-order valence-electron chi connectivity index (χ2n) is 4.94. The van der Waals surface area contributed by atoms with Crippen molar-refractivity contribution in [2.24, 2.45) is 11.1 Å². The quantitative estimate of drug-likeness (QED) is 0.855. The Morgan fingerprint density at radius 1 is 1.37 bits per heavy atom. The van der Waals surface area contributed by atoms with Gasteiger partial charge in [0.25, 0.3) is 5.91 Å². The lowest BCUT2D eigenvalue weighted by atomic mass is 9.98. The number of hydrogen-bond donors (Lipinski definition) is 1. The van der Waals surface area contributed by atoms with Crippen molar-refractivity contribution in [2.75, 3.05) is 6.61 Å². The van der Waals surface area contributed by atoms with Crippen LogP contribution in [-0.2, 0) is 0 Å². The SMILES string of the molecule is CC(C)(C)C#CCOc1c(C(N)=O)ccc(F)c1F. The average Bonchev–Trinajstić information content (AvgIpc) is 2.28. The molecule has 5 heteroatoms. The number of rotatable bonds is 3. The van der Waals surface area contributed by atoms with Gasteiger partial charge in [-0.1, -0.05) is 11.8 Å². The smallest absolute Gasteiger partial charge is 0.252 e. The summed E-state index contributed by atoms with van der Waals surface area (Å²) in [5.74, 6) is 1.80. The van der Waals surface area contributed by atoms with Gasteiger partial charge in [0.05, 0.1) is 5.56 Å². The van der Waals surface area contributed by atoms with Crippen LogP contribution in [0.3, 0.4) is 0 Å². The van der Waals surface area contributed by atoms with Gasteiger partial charge in [0.1, 0.15) is 6.61 Å². The lowest BCUT2D eigenvalue weighted by Gasteiger charge is -2.10. The predicted molar refractivity (Wildman–Crippen MR) is 67.6 cm³/mol. The van der Waals surface area contributed by atoms with Gasteiger partial charge in [-0.25, -0.2) is 4.39 Å². The molecule has 2 N–H and O–H groups in total. The largest absolute Gasteiger partial charge is 0.477 e. The second-order valence-corrected chi connectivity index (χ2v) is 4.94. The summed E-state index contributed by atoms with van der Waals surface area (Å²) < 4.78 is 31.6. The summed E-state index contributed by atoms with van der Waals surface area (Å²) in [5.41, 5.74) is 4.63. The van der Waals surface area contributed by atoms with E-state index in [0.29, 0.717) is 0 Å². The fraction of sp³-hybridized carbons (Fsp3) is 0.357. The zero-order chi connectivity index (χ0) is 14.6. The Labute approximate surface area is 110 Å². The first kappa shape index (κ1) is 15.0. The summed E-state index contributed by atoms with van der Waals surface area (Å²) in [7, 11) is 0. The monoisotopic (exact) mass is 267 g/mol. The molecule has 0 fully saturated rings. The number of benzene rings is 1. The van der Waals surface area contributed by atoms with Crippen LogP contribution < -0.4 is 10.5 Å². The molecule has 0 aliphatic carbocycles. The van der Waals surface area contributed by atoms with Crippen LogP contribution in [0.25, 0.3) is 0 Å². The van der Waals surface area contributed by atoms with Gasteiger partial charge >= 0.3 is 0 Å². The number of hydrogen-bond acceptors (Lipinski definition) is 2. The van der Waals surface area contributed by atoms with Gasteiger partial charge in [0.15, 0.2) is 11.6 Å². The normalized spacial score (nSPS) is 10.6. The third-order valence-electron chi connectivity index (χ3n) is 2.07. The van der Waals surface area contributed by atoms with E-state index in [0.717, 1.165) is 12.1 Å². The molecule has 0 unspecified atom stereocenters. The van der Waals surface area contributed by atoms with Gasteiger partial charge in [-0.2, -0.15) is 4.39 Å². The summed E-state index contributed by atoms with van der Waals surface area (Å²) >= 11 is 0. The predicted octanol–water partition coefficient (Wildman–Crippen LogP) is 2.49. The number of carbonyl (C=O) groups excluding carboxylic acids is 1. The molecular formula is C14H15F2NO2. The highest BCUT2D eigenvalue weighted by Crippen LogP contribution is 2.24. The number of halogens is 2. The first-order valence-electron chi connectivity index (χ1n) is 5.63. The van der Waals surface area contributed by atoms with Crippen LogP contribution in [0.15, 0.2) is 12.1 Å². The Balaban J connectivity index is 2.96. The number of amides is 1. The topological polar surface area (TPSA) is 52.3 Å². The van der Waals surface area contributed by atoms with Crippen molar-refractivity contribution in [1.29, 1.82) is 0 Å². The number of carbonyl (C=O) groups is 1. The lowest BCUT2D eigenvalue weighted by molar-refractivity contribution is 0.0996. The molecule has 0 saturated carbocycles. The first-order chi connectivity index (χ1) is 8.72. The van der Waals surface area contributed by atoms with Crippen LogP contribution in [0.1, 0.15) is 31.1 Å². The van der Waals surface area contributed by atoms with E-state index in [1.807, 2.05) is 20.8 Å². The molecule has 0 aromatic heterocycles. The van der Waals surface area contributed by atoms with Gasteiger partial charge in [-0.05, 0) is 32.9 Å². The third kappa shape index (κ3) is 4.25. The molecule has 0 spiro atoms. The van der Waals surface area contributed by atoms with Crippen molar-refractivity contribution < 1.29 is 18.3 Å². The van der Waals surface area contributed by atoms with Gasteiger partial charge in [-0.3, -0.25) is 4.79 Å². The molecule has 0 saturated heterocycles. The molecule has 19 heavy (non-hydrogen) atoms. The number of primary amides is 1. The maximum absolute atomic E-state index is 13.5. The van der Waals surface area contributed by atoms with Crippen molar-refractivity contribution in [3.8, 4) is 17.6 Å². The fourth-order valence-electron chi connectivity index (χ4n) is 1.28. The molecule has 1 amide bonds. The molecule has 102 valence electrons. The van der Waals surface area contributed by atoms with Crippen LogP contribution in [0, 0.1) is 28.9 Å². The van der Waals surface area contributed by atoms with E-state index >= 15 is 0 Å². The summed E-state index contributed by atoms with van der Waals surface area (Å²) in [6, 6.07) is 1.90. The maximum Gasteiger partial charge on any atom is 0.252 e. The van der Waals surface area contributed by atoms with E-state index in [-0.39, 0.29) is 17.6 Å². The third-order valence-corrected chi connectivity index (χ3v) is 2.07.